The number of aryl methyl sites for hydroxylation is 2. The van der Waals surface area contributed by atoms with Gasteiger partial charge in [0.15, 0.2) is 11.5 Å². The monoisotopic (exact) mass is 434 g/mol. The van der Waals surface area contributed by atoms with Crippen LogP contribution in [0, 0.1) is 6.92 Å². The van der Waals surface area contributed by atoms with Gasteiger partial charge in [0.05, 0.1) is 29.9 Å². The van der Waals surface area contributed by atoms with Crippen molar-refractivity contribution in [1.29, 1.82) is 0 Å². The first-order valence-electron chi connectivity index (χ1n) is 10.7. The highest BCUT2D eigenvalue weighted by Gasteiger charge is 2.41. The first-order chi connectivity index (χ1) is 15.3. The summed E-state index contributed by atoms with van der Waals surface area (Å²) < 4.78 is 3.91. The van der Waals surface area contributed by atoms with Gasteiger partial charge in [-0.2, -0.15) is 0 Å². The minimum absolute atomic E-state index is 0.0166. The van der Waals surface area contributed by atoms with E-state index in [0.29, 0.717) is 42.9 Å². The van der Waals surface area contributed by atoms with Gasteiger partial charge in [0.2, 0.25) is 5.91 Å². The SMILES string of the molecule is Cc1nc2ccccc2n1CCC(=O)N1CC[C@H](n2cnc3c(N)ncnc32)[C@@](C)(O)C1. The predicted molar refractivity (Wildman–Crippen MR) is 120 cm³/mol. The molecule has 0 bridgehead atoms. The van der Waals surface area contributed by atoms with Crippen LogP contribution in [-0.4, -0.2) is 63.7 Å². The number of piperidine rings is 1. The van der Waals surface area contributed by atoms with Crippen LogP contribution in [0.4, 0.5) is 5.82 Å². The lowest BCUT2D eigenvalue weighted by molar-refractivity contribution is -0.140. The van der Waals surface area contributed by atoms with Crippen LogP contribution in [0.2, 0.25) is 0 Å². The second-order valence-electron chi connectivity index (χ2n) is 8.61. The van der Waals surface area contributed by atoms with Crippen LogP contribution in [0.15, 0.2) is 36.9 Å². The summed E-state index contributed by atoms with van der Waals surface area (Å²) in [6.07, 6.45) is 3.96. The average Bonchev–Trinajstić information content (AvgIpc) is 3.32. The number of amides is 1. The summed E-state index contributed by atoms with van der Waals surface area (Å²) in [5.74, 6) is 1.21. The van der Waals surface area contributed by atoms with Gasteiger partial charge in [-0.15, -0.1) is 0 Å². The maximum absolute atomic E-state index is 13.0. The predicted octanol–water partition coefficient (Wildman–Crippen LogP) is 1.68. The molecule has 0 unspecified atom stereocenters. The molecule has 1 amide bonds. The van der Waals surface area contributed by atoms with E-state index in [9.17, 15) is 9.90 Å². The molecule has 0 saturated carbocycles. The number of benzene rings is 1. The summed E-state index contributed by atoms with van der Waals surface area (Å²) in [6.45, 7) is 5.03. The second-order valence-corrected chi connectivity index (χ2v) is 8.61. The molecule has 1 aliphatic heterocycles. The molecule has 32 heavy (non-hydrogen) atoms. The fourth-order valence-electron chi connectivity index (χ4n) is 4.75. The number of anilines is 1. The second kappa shape index (κ2) is 7.56. The number of hydrogen-bond donors (Lipinski definition) is 2. The number of nitrogen functional groups attached to an aromatic ring is 1. The molecule has 166 valence electrons. The normalized spacial score (nSPS) is 21.5. The molecule has 1 fully saturated rings. The highest BCUT2D eigenvalue weighted by atomic mass is 16.3. The Hall–Kier alpha value is -3.53. The zero-order chi connectivity index (χ0) is 22.5. The van der Waals surface area contributed by atoms with Crippen molar-refractivity contribution < 1.29 is 9.90 Å². The van der Waals surface area contributed by atoms with E-state index in [1.54, 1.807) is 18.2 Å². The van der Waals surface area contributed by atoms with E-state index in [4.69, 9.17) is 5.73 Å². The lowest BCUT2D eigenvalue weighted by Crippen LogP contribution is -2.54. The van der Waals surface area contributed by atoms with Crippen molar-refractivity contribution in [2.75, 3.05) is 18.8 Å². The quantitative estimate of drug-likeness (QED) is 0.500. The molecule has 0 spiro atoms. The van der Waals surface area contributed by atoms with E-state index < -0.39 is 5.60 Å². The third-order valence-corrected chi connectivity index (χ3v) is 6.37. The Bertz CT molecular complexity index is 1310. The minimum atomic E-state index is -1.14. The van der Waals surface area contributed by atoms with Crippen LogP contribution in [0.25, 0.3) is 22.2 Å². The number of aromatic nitrogens is 6. The Morgan fingerprint density at radius 1 is 1.28 bits per heavy atom. The summed E-state index contributed by atoms with van der Waals surface area (Å²) in [4.78, 5) is 31.9. The summed E-state index contributed by atoms with van der Waals surface area (Å²) >= 11 is 0. The Kier molecular flexibility index (Phi) is 4.81. The third-order valence-electron chi connectivity index (χ3n) is 6.37. The van der Waals surface area contributed by atoms with Crippen molar-refractivity contribution in [3.05, 3.63) is 42.7 Å². The number of nitrogens with zero attached hydrogens (tertiary/aromatic N) is 7. The molecule has 1 saturated heterocycles. The van der Waals surface area contributed by atoms with Crippen molar-refractivity contribution in [1.82, 2.24) is 34.0 Å². The Balaban J connectivity index is 1.30. The maximum atomic E-state index is 13.0. The number of hydrogen-bond acceptors (Lipinski definition) is 7. The van der Waals surface area contributed by atoms with E-state index in [2.05, 4.69) is 24.5 Å². The standard InChI is InChI=1S/C22H26N8O2/c1-14-27-15-5-3-4-6-16(15)29(14)10-8-18(31)28-9-7-17(22(2,32)11-28)30-13-26-19-20(23)24-12-25-21(19)30/h3-6,12-13,17,32H,7-11H2,1-2H3,(H2,23,24,25)/t17-,22-/m0/s1. The first-order valence-corrected chi connectivity index (χ1v) is 10.7. The zero-order valence-corrected chi connectivity index (χ0v) is 18.1. The molecule has 1 aromatic carbocycles. The van der Waals surface area contributed by atoms with Gasteiger partial charge in [-0.3, -0.25) is 4.79 Å². The van der Waals surface area contributed by atoms with E-state index in [-0.39, 0.29) is 18.5 Å². The molecule has 10 heteroatoms. The van der Waals surface area contributed by atoms with Gasteiger partial charge in [-0.1, -0.05) is 12.1 Å². The molecule has 2 atom stereocenters. The van der Waals surface area contributed by atoms with Crippen LogP contribution in [0.1, 0.15) is 31.6 Å². The molecule has 10 nitrogen and oxygen atoms in total. The van der Waals surface area contributed by atoms with Crippen molar-refractivity contribution in [3.8, 4) is 0 Å². The number of β-amino-alcohol motifs (C(OH)–C–C–N with tert-alkyl or cyclic N) is 1. The highest BCUT2D eigenvalue weighted by Crippen LogP contribution is 2.34. The van der Waals surface area contributed by atoms with Crippen LogP contribution >= 0.6 is 0 Å². The summed E-state index contributed by atoms with van der Waals surface area (Å²) in [6, 6.07) is 7.65. The van der Waals surface area contributed by atoms with Gasteiger partial charge in [-0.25, -0.2) is 19.9 Å². The van der Waals surface area contributed by atoms with E-state index >= 15 is 0 Å². The molecule has 0 aliphatic carbocycles. The molecule has 4 heterocycles. The number of nitrogens with two attached hydrogens (primary N) is 1. The number of carbonyl (C=O) groups excluding carboxylic acids is 1. The van der Waals surface area contributed by atoms with E-state index in [1.807, 2.05) is 35.8 Å². The number of likely N-dealkylation sites (tertiary alicyclic amines) is 1. The fourth-order valence-corrected chi connectivity index (χ4v) is 4.75. The van der Waals surface area contributed by atoms with Crippen molar-refractivity contribution in [3.63, 3.8) is 0 Å². The lowest BCUT2D eigenvalue weighted by atomic mass is 9.88. The van der Waals surface area contributed by atoms with Gasteiger partial charge in [-0.05, 0) is 32.4 Å². The fraction of sp³-hybridized carbons (Fsp3) is 0.409. The summed E-state index contributed by atoms with van der Waals surface area (Å²) in [5, 5.41) is 11.3. The number of rotatable bonds is 4. The topological polar surface area (TPSA) is 128 Å². The Morgan fingerprint density at radius 2 is 2.09 bits per heavy atom. The summed E-state index contributed by atoms with van der Waals surface area (Å²) in [5.41, 5.74) is 7.82. The van der Waals surface area contributed by atoms with Crippen LogP contribution in [-0.2, 0) is 11.3 Å². The van der Waals surface area contributed by atoms with E-state index in [1.165, 1.54) is 6.33 Å². The van der Waals surface area contributed by atoms with Crippen molar-refractivity contribution in [2.24, 2.45) is 0 Å². The van der Waals surface area contributed by atoms with Crippen molar-refractivity contribution in [2.45, 2.75) is 44.9 Å². The Morgan fingerprint density at radius 3 is 2.91 bits per heavy atom. The minimum Gasteiger partial charge on any atom is -0.386 e. The smallest absolute Gasteiger partial charge is 0.224 e. The highest BCUT2D eigenvalue weighted by molar-refractivity contribution is 5.81. The molecule has 4 aromatic rings. The van der Waals surface area contributed by atoms with Gasteiger partial charge in [0.1, 0.15) is 23.3 Å². The van der Waals surface area contributed by atoms with Crippen LogP contribution in [0.5, 0.6) is 0 Å². The lowest BCUT2D eigenvalue weighted by Gasteiger charge is -2.43. The molecule has 3 aromatic heterocycles. The van der Waals surface area contributed by atoms with Gasteiger partial charge < -0.3 is 24.9 Å². The average molecular weight is 435 g/mol. The molecule has 5 rings (SSSR count). The van der Waals surface area contributed by atoms with Gasteiger partial charge in [0, 0.05) is 19.5 Å². The number of para-hydroxylation sites is 2. The largest absolute Gasteiger partial charge is 0.386 e. The zero-order valence-electron chi connectivity index (χ0n) is 18.1. The number of imidazole rings is 2. The van der Waals surface area contributed by atoms with E-state index in [0.717, 1.165) is 16.9 Å². The molecular formula is C22H26N8O2. The first kappa shape index (κ1) is 20.4. The Labute approximate surface area is 184 Å². The molecular weight excluding hydrogens is 408 g/mol. The number of carbonyl (C=O) groups is 1. The number of fused-ring (bicyclic) bond motifs is 2. The number of aliphatic hydroxyl groups is 1. The van der Waals surface area contributed by atoms with Gasteiger partial charge >= 0.3 is 0 Å². The van der Waals surface area contributed by atoms with Crippen LogP contribution in [0.3, 0.4) is 0 Å². The third kappa shape index (κ3) is 3.36. The van der Waals surface area contributed by atoms with Crippen LogP contribution < -0.4 is 5.73 Å². The molecule has 0 radical (unpaired) electrons. The molecule has 3 N–H and O–H groups in total. The maximum Gasteiger partial charge on any atom is 0.224 e. The van der Waals surface area contributed by atoms with Gasteiger partial charge in [0.25, 0.3) is 0 Å². The van der Waals surface area contributed by atoms with Crippen molar-refractivity contribution >= 4 is 33.9 Å². The summed E-state index contributed by atoms with van der Waals surface area (Å²) in [7, 11) is 0. The molecule has 1 aliphatic rings.